The minimum absolute atomic E-state index is 0.299. The summed E-state index contributed by atoms with van der Waals surface area (Å²) in [5.41, 5.74) is 17.1. The number of nitrogens with one attached hydrogen (secondary N) is 2. The molecule has 6 nitrogen and oxygen atoms in total. The quantitative estimate of drug-likeness (QED) is 0.0349. The van der Waals surface area contributed by atoms with E-state index < -0.39 is 5.97 Å². The summed E-state index contributed by atoms with van der Waals surface area (Å²) in [5, 5.41) is 6.83. The summed E-state index contributed by atoms with van der Waals surface area (Å²) in [6, 6.07) is 20.7. The van der Waals surface area contributed by atoms with Crippen LogP contribution in [0.2, 0.25) is 0 Å². The number of nitrogens with two attached hydrogens (primary N) is 1. The van der Waals surface area contributed by atoms with Crippen LogP contribution in [-0.4, -0.2) is 22.3 Å². The summed E-state index contributed by atoms with van der Waals surface area (Å²) >= 11 is 11.5. The van der Waals surface area contributed by atoms with Gasteiger partial charge < -0.3 is 20.2 Å². The van der Waals surface area contributed by atoms with Gasteiger partial charge in [-0.15, -0.1) is 0 Å². The smallest absolute Gasteiger partial charge is 0.341 e. The molecule has 4 aromatic rings. The summed E-state index contributed by atoms with van der Waals surface area (Å²) in [4.78, 5) is 19.2. The van der Waals surface area contributed by atoms with Crippen LogP contribution in [0.3, 0.4) is 0 Å². The third-order valence-corrected chi connectivity index (χ3v) is 9.94. The molecule has 0 atom stereocenters. The van der Waals surface area contributed by atoms with E-state index in [0.717, 1.165) is 72.7 Å². The number of rotatable bonds is 11. The largest absolute Gasteiger partial charge is 0.462 e. The van der Waals surface area contributed by atoms with Crippen LogP contribution in [0.1, 0.15) is 87.5 Å². The molecule has 0 spiro atoms. The molecule has 0 amide bonds. The van der Waals surface area contributed by atoms with Crippen molar-refractivity contribution in [3.05, 3.63) is 150 Å². The van der Waals surface area contributed by atoms with Gasteiger partial charge in [-0.25, -0.2) is 4.79 Å². The Bertz CT molecular complexity index is 2020. The lowest BCUT2D eigenvalue weighted by Gasteiger charge is -2.19. The lowest BCUT2D eigenvalue weighted by atomic mass is 9.93. The molecule has 0 aliphatic carbocycles. The number of para-hydroxylation sites is 2. The highest BCUT2D eigenvalue weighted by Crippen LogP contribution is 2.28. The van der Waals surface area contributed by atoms with Gasteiger partial charge in [-0.05, 0) is 140 Å². The molecule has 0 aromatic heterocycles. The molecule has 8 heteroatoms. The highest BCUT2D eigenvalue weighted by Gasteiger charge is 2.24. The maximum absolute atomic E-state index is 12.8. The maximum Gasteiger partial charge on any atom is 0.341 e. The molecule has 0 unspecified atom stereocenters. The van der Waals surface area contributed by atoms with Crippen molar-refractivity contribution in [2.75, 3.05) is 17.2 Å². The average Bonchev–Trinajstić information content (AvgIpc) is 3.04. The van der Waals surface area contributed by atoms with Gasteiger partial charge in [0, 0.05) is 22.6 Å². The number of hydrogen-bond acceptors (Lipinski definition) is 8. The van der Waals surface area contributed by atoms with Crippen molar-refractivity contribution >= 4 is 51.5 Å². The van der Waals surface area contributed by atoms with Gasteiger partial charge in [-0.1, -0.05) is 96.2 Å². The molecule has 0 heterocycles. The lowest BCUT2D eigenvalue weighted by Crippen LogP contribution is -2.21. The van der Waals surface area contributed by atoms with Crippen LogP contribution in [0.5, 0.6) is 0 Å². The van der Waals surface area contributed by atoms with Crippen molar-refractivity contribution in [1.82, 2.24) is 0 Å². The number of allylic oxidation sites excluding steroid dienone is 3. The van der Waals surface area contributed by atoms with E-state index in [1.807, 2.05) is 65.8 Å². The number of hydrogen-bond donors (Lipinski definition) is 3. The Hall–Kier alpha value is -4.63. The number of thiocarbonyl (C=S) groups is 2. The third-order valence-electron chi connectivity index (χ3n) is 9.14. The zero-order valence-electron chi connectivity index (χ0n) is 33.6. The first-order valence-corrected chi connectivity index (χ1v) is 18.6. The molecule has 0 bridgehead atoms. The van der Waals surface area contributed by atoms with Gasteiger partial charge in [-0.2, -0.15) is 5.90 Å². The Morgan fingerprint density at radius 2 is 0.962 bits per heavy atom. The number of ether oxygens (including phenoxy) is 1. The minimum atomic E-state index is -0.400. The predicted molar refractivity (Wildman–Crippen MR) is 231 cm³/mol. The van der Waals surface area contributed by atoms with Gasteiger partial charge >= 0.3 is 5.97 Å². The lowest BCUT2D eigenvalue weighted by molar-refractivity contribution is -0.137. The number of carbonyl (C=O) groups excluding carboxylic acids is 1. The fourth-order valence-electron chi connectivity index (χ4n) is 6.76. The average molecular weight is 750 g/mol. The Morgan fingerprint density at radius 3 is 1.32 bits per heavy atom. The monoisotopic (exact) mass is 749 g/mol. The molecule has 0 aliphatic heterocycles. The van der Waals surface area contributed by atoms with Crippen molar-refractivity contribution in [3.8, 4) is 0 Å². The topological polar surface area (TPSA) is 85.6 Å². The third kappa shape index (κ3) is 10.5. The van der Waals surface area contributed by atoms with Crippen molar-refractivity contribution in [2.45, 2.75) is 90.0 Å². The molecule has 0 radical (unpaired) electrons. The van der Waals surface area contributed by atoms with Gasteiger partial charge in [0.05, 0.1) is 27.6 Å². The van der Waals surface area contributed by atoms with E-state index in [-0.39, 0.29) is 0 Å². The van der Waals surface area contributed by atoms with Crippen molar-refractivity contribution in [2.24, 2.45) is 5.90 Å². The number of carbonyl (C=O) groups is 1. The molecule has 4 N–H and O–H groups in total. The SMILES string of the molecule is CC(Nc1c(C)cccc1C)=C(ON)C(=S)c1c(C)cc(C)cc1C.CCOC(=O)C(C(=S)c1c(C)cc(C)cc1C)=C(C)Nc1c(C)cccc1C. The van der Waals surface area contributed by atoms with Crippen LogP contribution in [0.4, 0.5) is 11.4 Å². The van der Waals surface area contributed by atoms with E-state index >= 15 is 0 Å². The molecule has 4 rings (SSSR count). The normalized spacial score (nSPS) is 11.7. The molecule has 0 saturated carbocycles. The van der Waals surface area contributed by atoms with Crippen LogP contribution < -0.4 is 16.5 Å². The summed E-state index contributed by atoms with van der Waals surface area (Å²) < 4.78 is 5.35. The summed E-state index contributed by atoms with van der Waals surface area (Å²) in [5.74, 6) is 5.68. The van der Waals surface area contributed by atoms with Crippen molar-refractivity contribution in [3.63, 3.8) is 0 Å². The molecule has 0 fully saturated rings. The Labute approximate surface area is 327 Å². The molecule has 0 aliphatic rings. The summed E-state index contributed by atoms with van der Waals surface area (Å²) in [6.45, 7) is 26.4. The molecular weight excluding hydrogens is 695 g/mol. The second-order valence-electron chi connectivity index (χ2n) is 13.8. The number of anilines is 2. The van der Waals surface area contributed by atoms with Gasteiger partial charge in [0.25, 0.3) is 0 Å². The van der Waals surface area contributed by atoms with Crippen LogP contribution >= 0.6 is 24.4 Å². The highest BCUT2D eigenvalue weighted by atomic mass is 32.1. The fraction of sp³-hybridized carbons (Fsp3) is 0.311. The molecule has 280 valence electrons. The van der Waals surface area contributed by atoms with E-state index in [4.69, 9.17) is 39.9 Å². The van der Waals surface area contributed by atoms with Gasteiger partial charge in [0.2, 0.25) is 0 Å². The first kappa shape index (κ1) is 42.8. The van der Waals surface area contributed by atoms with E-state index in [1.165, 1.54) is 11.1 Å². The van der Waals surface area contributed by atoms with E-state index in [0.29, 0.717) is 33.4 Å². The number of esters is 1. The number of benzene rings is 4. The van der Waals surface area contributed by atoms with Crippen LogP contribution in [0.25, 0.3) is 0 Å². The predicted octanol–water partition coefficient (Wildman–Crippen LogP) is 11.1. The second-order valence-corrected chi connectivity index (χ2v) is 14.6. The molecule has 4 aromatic carbocycles. The van der Waals surface area contributed by atoms with Crippen LogP contribution in [0.15, 0.2) is 83.4 Å². The zero-order valence-corrected chi connectivity index (χ0v) is 35.2. The number of aryl methyl sites for hydroxylation is 10. The Morgan fingerprint density at radius 1 is 0.604 bits per heavy atom. The van der Waals surface area contributed by atoms with Crippen molar-refractivity contribution in [1.29, 1.82) is 0 Å². The standard InChI is InChI=1S/C24H29NO2S.C21H26N2OS/c1-8-27-24(26)21(19(7)25-22-15(3)10-9-11-16(22)4)23(28)20-17(5)12-14(2)13-18(20)6;1-12-10-15(4)18(16(5)11-12)21(25)20(24-22)17(6)23-19-13(2)8-7-9-14(19)3/h9-13,25H,8H2,1-7H3;7-11,23H,22H2,1-6H3. The first-order chi connectivity index (χ1) is 24.9. The fourth-order valence-corrected chi connectivity index (χ4v) is 7.85. The van der Waals surface area contributed by atoms with E-state index in [2.05, 4.69) is 88.6 Å². The second kappa shape index (κ2) is 18.9. The Balaban J connectivity index is 0.000000287. The molecule has 53 heavy (non-hydrogen) atoms. The van der Waals surface area contributed by atoms with E-state index in [9.17, 15) is 4.79 Å². The van der Waals surface area contributed by atoms with Crippen molar-refractivity contribution < 1.29 is 14.4 Å². The summed E-state index contributed by atoms with van der Waals surface area (Å²) in [7, 11) is 0. The van der Waals surface area contributed by atoms with Gasteiger partial charge in [0.1, 0.15) is 0 Å². The van der Waals surface area contributed by atoms with Gasteiger partial charge in [-0.3, -0.25) is 0 Å². The van der Waals surface area contributed by atoms with Crippen LogP contribution in [0, 0.1) is 69.2 Å². The highest BCUT2D eigenvalue weighted by molar-refractivity contribution is 7.81. The molecular formula is C45H55N3O3S2. The van der Waals surface area contributed by atoms with Gasteiger partial charge in [0.15, 0.2) is 5.76 Å². The maximum atomic E-state index is 12.8. The Kier molecular flexibility index (Phi) is 15.3. The minimum Gasteiger partial charge on any atom is -0.462 e. The van der Waals surface area contributed by atoms with Crippen LogP contribution in [-0.2, 0) is 14.4 Å². The molecule has 0 saturated heterocycles. The zero-order chi connectivity index (χ0) is 39.7. The first-order valence-electron chi connectivity index (χ1n) is 17.8. The van der Waals surface area contributed by atoms with E-state index in [1.54, 1.807) is 6.92 Å². The summed E-state index contributed by atoms with van der Waals surface area (Å²) in [6.07, 6.45) is 0.